The van der Waals surface area contributed by atoms with E-state index in [4.69, 9.17) is 0 Å². The van der Waals surface area contributed by atoms with Crippen LogP contribution in [-0.2, 0) is 16.5 Å². The molecule has 2 N–H and O–H groups in total. The molecular weight excluding hydrogens is 109 g/mol. The van der Waals surface area contributed by atoms with Crippen molar-refractivity contribution in [2.45, 2.75) is 0 Å². The van der Waals surface area contributed by atoms with E-state index in [2.05, 4.69) is 0 Å². The van der Waals surface area contributed by atoms with Crippen LogP contribution in [0.4, 0.5) is 0 Å². The molecule has 0 saturated carbocycles. The molecule has 0 fully saturated rings. The van der Waals surface area contributed by atoms with Crippen LogP contribution in [0.25, 0.3) is 0 Å². The van der Waals surface area contributed by atoms with Crippen molar-refractivity contribution < 1.29 is 42.3 Å². The predicted octanol–water partition coefficient (Wildman–Crippen LogP) is -4.89. The molecule has 26 valence electrons. The summed E-state index contributed by atoms with van der Waals surface area (Å²) in [7, 11) is 0. The molecule has 0 saturated heterocycles. The van der Waals surface area contributed by atoms with Crippen LogP contribution in [0.3, 0.4) is 0 Å². The van der Waals surface area contributed by atoms with E-state index in [-0.39, 0.29) is 59.6 Å². The van der Waals surface area contributed by atoms with Crippen molar-refractivity contribution in [1.82, 2.24) is 0 Å². The summed E-state index contributed by atoms with van der Waals surface area (Å²) in [6.45, 7) is 0. The van der Waals surface area contributed by atoms with Crippen molar-refractivity contribution in [1.29, 1.82) is 0 Å². The molecule has 4 heavy (non-hydrogen) atoms. The molecule has 1 nitrogen and oxygen atoms in total. The van der Waals surface area contributed by atoms with Gasteiger partial charge in [-0.2, -0.15) is 0 Å². The second-order valence-electron chi connectivity index (χ2n) is 0. The average Bonchev–Trinajstić information content (AvgIpc) is 0. The van der Waals surface area contributed by atoms with E-state index in [1.165, 1.54) is 0 Å². The summed E-state index contributed by atoms with van der Waals surface area (Å²) in [5.41, 5.74) is 0. The van der Waals surface area contributed by atoms with E-state index < -0.39 is 0 Å². The van der Waals surface area contributed by atoms with Crippen molar-refractivity contribution in [3.05, 3.63) is 0 Å². The minimum absolute atomic E-state index is 0. The molecule has 0 unspecified atom stereocenters. The Morgan fingerprint density at radius 2 is 1.25 bits per heavy atom. The van der Waals surface area contributed by atoms with E-state index >= 15 is 0 Å². The van der Waals surface area contributed by atoms with Crippen LogP contribution in [0.15, 0.2) is 0 Å². The first kappa shape index (κ1) is 46.8. The number of rotatable bonds is 0. The van der Waals surface area contributed by atoms with Crippen LogP contribution < -0.4 is 18.9 Å². The molecule has 0 spiro atoms. The Kier molecular flexibility index (Phi) is 275. The molecule has 0 bridgehead atoms. The monoisotopic (exact) mass is 114 g/mol. The van der Waals surface area contributed by atoms with Gasteiger partial charge >= 0.3 is 18.9 Å². The van der Waals surface area contributed by atoms with Gasteiger partial charge in [0.1, 0.15) is 0 Å². The van der Waals surface area contributed by atoms with Gasteiger partial charge in [-0.1, -0.05) is 0 Å². The topological polar surface area (TPSA) is 31.5 Å². The summed E-state index contributed by atoms with van der Waals surface area (Å²) in [6.07, 6.45) is 0. The molecule has 0 heterocycles. The minimum Gasteiger partial charge on any atom is -1.00 e. The Balaban J connectivity index is 0. The number of hydrogen-bond donors (Lipinski definition) is 0. The summed E-state index contributed by atoms with van der Waals surface area (Å²) in [5, 5.41) is 0. The van der Waals surface area contributed by atoms with E-state index in [0.717, 1.165) is 0 Å². The molecule has 0 atom stereocenters. The van der Waals surface area contributed by atoms with Crippen molar-refractivity contribution >= 4 is 17.4 Å². The second-order valence-corrected chi connectivity index (χ2v) is 0. The molecule has 0 aromatic heterocycles. The summed E-state index contributed by atoms with van der Waals surface area (Å²) >= 11 is 0. The van der Waals surface area contributed by atoms with Crippen molar-refractivity contribution in [3.63, 3.8) is 0 Å². The fourth-order valence-corrected chi connectivity index (χ4v) is 0. The van der Waals surface area contributed by atoms with Gasteiger partial charge in [0, 0.05) is 16.5 Å². The maximum Gasteiger partial charge on any atom is 1.00 e. The molecular formula is H6AlLiNiO. The Morgan fingerprint density at radius 1 is 1.25 bits per heavy atom. The first-order chi connectivity index (χ1) is 0. The summed E-state index contributed by atoms with van der Waals surface area (Å²) < 4.78 is 0. The predicted molar refractivity (Wildman–Crippen MR) is 14.7 cm³/mol. The molecule has 0 aliphatic carbocycles. The van der Waals surface area contributed by atoms with Gasteiger partial charge in [0.05, 0.1) is 0 Å². The molecule has 0 radical (unpaired) electrons. The third-order valence-electron chi connectivity index (χ3n) is 0. The van der Waals surface area contributed by atoms with E-state index in [0.29, 0.717) is 0 Å². The first-order valence-electron chi connectivity index (χ1n) is 0. The molecule has 0 aromatic carbocycles. The van der Waals surface area contributed by atoms with Gasteiger partial charge in [-0.3, -0.25) is 0 Å². The minimum atomic E-state index is 0. The summed E-state index contributed by atoms with van der Waals surface area (Å²) in [4.78, 5) is 0. The molecule has 0 aliphatic heterocycles. The van der Waals surface area contributed by atoms with Gasteiger partial charge in [0.2, 0.25) is 0 Å². The molecule has 0 aromatic rings. The summed E-state index contributed by atoms with van der Waals surface area (Å²) in [6, 6.07) is 0. The second kappa shape index (κ2) is 23.5. The van der Waals surface area contributed by atoms with Crippen LogP contribution >= 0.6 is 0 Å². The quantitative estimate of drug-likeness (QED) is 0.283. The molecule has 0 aliphatic rings. The zero-order valence-corrected chi connectivity index (χ0v) is 2.80. The Labute approximate surface area is 59.6 Å². The van der Waals surface area contributed by atoms with Gasteiger partial charge < -0.3 is 6.90 Å². The van der Waals surface area contributed by atoms with Crippen LogP contribution in [0.2, 0.25) is 0 Å². The van der Waals surface area contributed by atoms with Gasteiger partial charge in [0.25, 0.3) is 0 Å². The van der Waals surface area contributed by atoms with Gasteiger partial charge in [-0.05, 0) is 0 Å². The van der Waals surface area contributed by atoms with Crippen LogP contribution in [0, 0.1) is 0 Å². The van der Waals surface area contributed by atoms with Gasteiger partial charge in [0.15, 0.2) is 17.4 Å². The Bertz CT molecular complexity index is 11.6. The zero-order valence-electron chi connectivity index (χ0n) is 2.82. The zero-order chi connectivity index (χ0) is 0. The van der Waals surface area contributed by atoms with E-state index in [1.54, 1.807) is 0 Å². The largest absolute Gasteiger partial charge is 1.00 e. The van der Waals surface area contributed by atoms with Gasteiger partial charge in [-0.15, -0.1) is 0 Å². The maximum atomic E-state index is 0. The van der Waals surface area contributed by atoms with E-state index in [1.807, 2.05) is 0 Å². The van der Waals surface area contributed by atoms with Crippen molar-refractivity contribution in [2.75, 3.05) is 0 Å². The summed E-state index contributed by atoms with van der Waals surface area (Å²) in [5.74, 6) is 0. The van der Waals surface area contributed by atoms with Gasteiger partial charge in [-0.25, -0.2) is 0 Å². The fourth-order valence-electron chi connectivity index (χ4n) is 0. The van der Waals surface area contributed by atoms with Crippen LogP contribution in [-0.4, -0.2) is 22.8 Å². The first-order valence-corrected chi connectivity index (χ1v) is 0. The fraction of sp³-hybridized carbons (Fsp3) is 0. The van der Waals surface area contributed by atoms with E-state index in [9.17, 15) is 0 Å². The average molecular weight is 115 g/mol. The van der Waals surface area contributed by atoms with Crippen molar-refractivity contribution in [3.8, 4) is 0 Å². The Hall–Kier alpha value is 1.58. The third-order valence-corrected chi connectivity index (χ3v) is 0. The smallest absolute Gasteiger partial charge is 1.00 e. The molecule has 0 amide bonds. The maximum absolute atomic E-state index is 0. The third kappa shape index (κ3) is 9.54. The SMILES string of the molecule is O.[AlH3].[H-].[Li+].[Ni]. The van der Waals surface area contributed by atoms with Crippen LogP contribution in [0.1, 0.15) is 1.43 Å². The van der Waals surface area contributed by atoms with Crippen LogP contribution in [0.5, 0.6) is 0 Å². The molecule has 4 heteroatoms. The number of hydrogen-bond acceptors (Lipinski definition) is 0. The molecule has 0 rings (SSSR count). The normalized spacial score (nSPS) is 0. The standard InChI is InChI=1S/Al.Li.Ni.H2O.4H/h;;;1H2;;;;/q;+1;;;;;;-1. The van der Waals surface area contributed by atoms with Crippen molar-refractivity contribution in [2.24, 2.45) is 0 Å². The Morgan fingerprint density at radius 3 is 1.25 bits per heavy atom.